The largest absolute Gasteiger partial charge is 0.489 e. The Kier molecular flexibility index (Phi) is 10.9. The molecule has 0 amide bonds. The smallest absolute Gasteiger partial charge is 0.170 e. The number of benzene rings is 2. The second-order valence-electron chi connectivity index (χ2n) is 9.33. The van der Waals surface area contributed by atoms with Crippen LogP contribution in [-0.4, -0.2) is 43.9 Å². The maximum Gasteiger partial charge on any atom is 0.170 e. The van der Waals surface area contributed by atoms with Crippen LogP contribution < -0.4 is 10.1 Å². The first-order valence-corrected chi connectivity index (χ1v) is 12.0. The fourth-order valence-electron chi connectivity index (χ4n) is 4.14. The van der Waals surface area contributed by atoms with Gasteiger partial charge in [-0.3, -0.25) is 4.79 Å². The minimum absolute atomic E-state index is 0.0385. The van der Waals surface area contributed by atoms with Gasteiger partial charge in [0.1, 0.15) is 11.9 Å². The molecule has 2 aromatic rings. The number of aliphatic hydroxyl groups excluding tert-OH is 1. The fraction of sp³-hybridized carbons (Fsp3) is 0.536. The molecule has 2 aromatic carbocycles. The van der Waals surface area contributed by atoms with Crippen molar-refractivity contribution in [3.63, 3.8) is 0 Å². The number of hydrogen-bond acceptors (Lipinski definition) is 5. The summed E-state index contributed by atoms with van der Waals surface area (Å²) in [5.41, 5.74) is 5.78. The molecule has 5 heteroatoms. The number of ether oxygens (including phenoxy) is 2. The highest BCUT2D eigenvalue weighted by Crippen LogP contribution is 2.33. The summed E-state index contributed by atoms with van der Waals surface area (Å²) in [5.74, 6) is 2.13. The van der Waals surface area contributed by atoms with Gasteiger partial charge in [-0.15, -0.1) is 0 Å². The lowest BCUT2D eigenvalue weighted by Gasteiger charge is -2.33. The Morgan fingerprint density at radius 2 is 1.64 bits per heavy atom. The van der Waals surface area contributed by atoms with Crippen molar-refractivity contribution in [2.45, 2.75) is 60.0 Å². The van der Waals surface area contributed by atoms with Crippen LogP contribution in [0.15, 0.2) is 36.4 Å². The number of Topliss-reactive ketones (excluding diaryl/α,β-unsaturated/α-hetero) is 1. The van der Waals surface area contributed by atoms with Crippen LogP contribution in [0.5, 0.6) is 5.75 Å². The summed E-state index contributed by atoms with van der Waals surface area (Å²) in [6.07, 6.45) is 2.55. The highest BCUT2D eigenvalue weighted by molar-refractivity contribution is 6.00. The predicted molar refractivity (Wildman–Crippen MR) is 135 cm³/mol. The average molecular weight is 456 g/mol. The summed E-state index contributed by atoms with van der Waals surface area (Å²) in [6, 6.07) is 12.4. The third-order valence-corrected chi connectivity index (χ3v) is 5.97. The number of carbonyl (C=O) groups excluding carboxylic acids is 1. The van der Waals surface area contributed by atoms with Crippen LogP contribution in [0.2, 0.25) is 0 Å². The van der Waals surface area contributed by atoms with E-state index in [4.69, 9.17) is 14.6 Å². The summed E-state index contributed by atoms with van der Waals surface area (Å²) >= 11 is 0. The molecule has 0 aliphatic carbocycles. The van der Waals surface area contributed by atoms with Crippen molar-refractivity contribution < 1.29 is 19.4 Å². The highest BCUT2D eigenvalue weighted by atomic mass is 16.5. The summed E-state index contributed by atoms with van der Waals surface area (Å²) in [7, 11) is 1.00. The van der Waals surface area contributed by atoms with Crippen LogP contribution in [0, 0.1) is 32.6 Å². The molecule has 2 heterocycles. The average Bonchev–Trinajstić information content (AvgIpc) is 2.81. The maximum atomic E-state index is 12.2. The van der Waals surface area contributed by atoms with E-state index >= 15 is 0 Å². The monoisotopic (exact) mass is 455 g/mol. The van der Waals surface area contributed by atoms with E-state index in [2.05, 4.69) is 51.2 Å². The van der Waals surface area contributed by atoms with Gasteiger partial charge in [0, 0.05) is 44.9 Å². The Bertz CT molecular complexity index is 887. The van der Waals surface area contributed by atoms with Crippen LogP contribution in [0.1, 0.15) is 60.2 Å². The Morgan fingerprint density at radius 3 is 2.27 bits per heavy atom. The van der Waals surface area contributed by atoms with Crippen LogP contribution >= 0.6 is 0 Å². The standard InChI is InChI=1S/C15H18O3.C12H19N.CH4O/c1-10-2-3-14-12(8-10)13(16)9-15(18-14)11-4-6-17-7-5-11;1-9(2)8-13-12-6-5-10(3)7-11(12)4;1-2/h2-3,8,11,15H,4-7,9H2,1H3;5-7,9,13H,8H2,1-4H3;2H,1H3. The van der Waals surface area contributed by atoms with Crippen molar-refractivity contribution in [3.8, 4) is 5.75 Å². The molecule has 0 spiro atoms. The zero-order valence-electron chi connectivity index (χ0n) is 21.1. The summed E-state index contributed by atoms with van der Waals surface area (Å²) in [6.45, 7) is 13.3. The minimum atomic E-state index is 0.0385. The van der Waals surface area contributed by atoms with Gasteiger partial charge in [-0.1, -0.05) is 43.2 Å². The number of rotatable bonds is 4. The summed E-state index contributed by atoms with van der Waals surface area (Å²) in [4.78, 5) is 12.2. The summed E-state index contributed by atoms with van der Waals surface area (Å²) < 4.78 is 11.4. The number of anilines is 1. The van der Waals surface area contributed by atoms with E-state index in [1.165, 1.54) is 16.8 Å². The lowest BCUT2D eigenvalue weighted by atomic mass is 9.87. The molecule has 0 aromatic heterocycles. The Hall–Kier alpha value is -2.37. The van der Waals surface area contributed by atoms with Gasteiger partial charge in [0.2, 0.25) is 0 Å². The van der Waals surface area contributed by atoms with Crippen molar-refractivity contribution in [3.05, 3.63) is 58.7 Å². The number of aliphatic hydroxyl groups is 1. The van der Waals surface area contributed by atoms with Crippen molar-refractivity contribution in [1.82, 2.24) is 0 Å². The molecule has 2 aliphatic heterocycles. The molecule has 2 aliphatic rings. The number of fused-ring (bicyclic) bond motifs is 1. The van der Waals surface area contributed by atoms with E-state index in [9.17, 15) is 4.79 Å². The van der Waals surface area contributed by atoms with Gasteiger partial charge in [0.25, 0.3) is 0 Å². The number of ketones is 1. The lowest BCUT2D eigenvalue weighted by molar-refractivity contribution is 0.0120. The maximum absolute atomic E-state index is 12.2. The zero-order chi connectivity index (χ0) is 24.4. The minimum Gasteiger partial charge on any atom is -0.489 e. The normalized spacial score (nSPS) is 17.7. The first-order valence-electron chi connectivity index (χ1n) is 12.0. The molecule has 0 radical (unpaired) electrons. The van der Waals surface area contributed by atoms with Gasteiger partial charge in [0.05, 0.1) is 5.56 Å². The molecular weight excluding hydrogens is 414 g/mol. The van der Waals surface area contributed by atoms with Crippen molar-refractivity contribution in [2.75, 3.05) is 32.2 Å². The first-order chi connectivity index (χ1) is 15.8. The third kappa shape index (κ3) is 8.17. The molecule has 5 nitrogen and oxygen atoms in total. The van der Waals surface area contributed by atoms with Gasteiger partial charge in [-0.05, 0) is 63.3 Å². The van der Waals surface area contributed by atoms with Gasteiger partial charge in [-0.25, -0.2) is 0 Å². The van der Waals surface area contributed by atoms with Crippen LogP contribution in [0.3, 0.4) is 0 Å². The third-order valence-electron chi connectivity index (χ3n) is 5.97. The van der Waals surface area contributed by atoms with Crippen molar-refractivity contribution in [1.29, 1.82) is 0 Å². The molecule has 0 bridgehead atoms. The number of nitrogens with one attached hydrogen (secondary N) is 1. The molecule has 182 valence electrons. The first kappa shape index (κ1) is 26.9. The quantitative estimate of drug-likeness (QED) is 0.616. The second-order valence-corrected chi connectivity index (χ2v) is 9.33. The number of carbonyl (C=O) groups is 1. The van der Waals surface area contributed by atoms with Gasteiger partial charge in [-0.2, -0.15) is 0 Å². The topological polar surface area (TPSA) is 67.8 Å². The van der Waals surface area contributed by atoms with Crippen molar-refractivity contribution in [2.24, 2.45) is 11.8 Å². The van der Waals surface area contributed by atoms with Gasteiger partial charge >= 0.3 is 0 Å². The molecule has 2 N–H and O–H groups in total. The SMILES string of the molecule is CO.Cc1ccc(NCC(C)C)c(C)c1.Cc1ccc2c(c1)C(=O)CC(C1CCOCC1)O2. The highest BCUT2D eigenvalue weighted by Gasteiger charge is 2.33. The summed E-state index contributed by atoms with van der Waals surface area (Å²) in [5, 5.41) is 10.4. The Morgan fingerprint density at radius 1 is 1.00 bits per heavy atom. The van der Waals surface area contributed by atoms with Crippen LogP contribution in [0.25, 0.3) is 0 Å². The molecule has 0 saturated carbocycles. The van der Waals surface area contributed by atoms with E-state index in [-0.39, 0.29) is 11.9 Å². The second kappa shape index (κ2) is 13.4. The lowest BCUT2D eigenvalue weighted by Crippen LogP contribution is -2.36. The molecule has 1 atom stereocenters. The van der Waals surface area contributed by atoms with Crippen LogP contribution in [0.4, 0.5) is 5.69 Å². The molecule has 1 saturated heterocycles. The van der Waals surface area contributed by atoms with E-state index < -0.39 is 0 Å². The van der Waals surface area contributed by atoms with Crippen molar-refractivity contribution >= 4 is 11.5 Å². The Labute approximate surface area is 199 Å². The predicted octanol–water partition coefficient (Wildman–Crippen LogP) is 5.74. The molecular formula is C28H41NO4. The molecule has 1 fully saturated rings. The van der Waals surface area contributed by atoms with E-state index in [1.54, 1.807) is 0 Å². The number of hydrogen-bond donors (Lipinski definition) is 2. The van der Waals surface area contributed by atoms with E-state index in [1.807, 2.05) is 25.1 Å². The number of aryl methyl sites for hydroxylation is 3. The van der Waals surface area contributed by atoms with E-state index in [0.717, 1.165) is 56.6 Å². The van der Waals surface area contributed by atoms with E-state index in [0.29, 0.717) is 18.3 Å². The zero-order valence-corrected chi connectivity index (χ0v) is 21.1. The molecule has 4 rings (SSSR count). The Balaban J connectivity index is 0.000000228. The molecule has 1 unspecified atom stereocenters. The van der Waals surface area contributed by atoms with Gasteiger partial charge in [0.15, 0.2) is 5.78 Å². The van der Waals surface area contributed by atoms with Crippen LogP contribution in [-0.2, 0) is 4.74 Å². The van der Waals surface area contributed by atoms with Gasteiger partial charge < -0.3 is 19.9 Å². The fourth-order valence-corrected chi connectivity index (χ4v) is 4.14. The molecule has 33 heavy (non-hydrogen) atoms.